The van der Waals surface area contributed by atoms with Crippen LogP contribution in [0.2, 0.25) is 0 Å². The Balaban J connectivity index is 3.04. The van der Waals surface area contributed by atoms with Gasteiger partial charge in [0.05, 0.1) is 13.2 Å². The number of pyridine rings is 1. The molecule has 0 bridgehead atoms. The molecule has 0 saturated carbocycles. The molecule has 0 aliphatic heterocycles. The number of hydrogen-bond acceptors (Lipinski definition) is 4. The zero-order chi connectivity index (χ0) is 13.5. The number of aryl methyl sites for hydroxylation is 1. The van der Waals surface area contributed by atoms with Crippen LogP contribution in [0.1, 0.15) is 37.8 Å². The van der Waals surface area contributed by atoms with Gasteiger partial charge in [-0.05, 0) is 37.0 Å². The molecule has 0 unspecified atom stereocenters. The first-order valence-corrected chi connectivity index (χ1v) is 6.61. The van der Waals surface area contributed by atoms with Crippen molar-refractivity contribution < 1.29 is 10.2 Å². The fourth-order valence-corrected chi connectivity index (χ4v) is 2.31. The Morgan fingerprint density at radius 3 is 2.39 bits per heavy atom. The third kappa shape index (κ3) is 3.43. The molecule has 0 aliphatic carbocycles. The van der Waals surface area contributed by atoms with Gasteiger partial charge in [0, 0.05) is 18.8 Å². The Morgan fingerprint density at radius 2 is 1.94 bits per heavy atom. The Morgan fingerprint density at radius 1 is 1.28 bits per heavy atom. The third-order valence-corrected chi connectivity index (χ3v) is 3.29. The molecule has 1 aromatic rings. The average Bonchev–Trinajstić information content (AvgIpc) is 2.39. The van der Waals surface area contributed by atoms with Gasteiger partial charge in [-0.3, -0.25) is 0 Å². The lowest BCUT2D eigenvalue weighted by atomic mass is 10.1. The molecule has 1 aromatic heterocycles. The van der Waals surface area contributed by atoms with Gasteiger partial charge in [-0.1, -0.05) is 13.8 Å². The Kier molecular flexibility index (Phi) is 6.09. The van der Waals surface area contributed by atoms with Crippen LogP contribution in [0, 0.1) is 6.92 Å². The van der Waals surface area contributed by atoms with Crippen molar-refractivity contribution in [3.8, 4) is 0 Å². The molecule has 0 fully saturated rings. The average molecular weight is 252 g/mol. The van der Waals surface area contributed by atoms with Crippen LogP contribution in [-0.4, -0.2) is 34.4 Å². The summed E-state index contributed by atoms with van der Waals surface area (Å²) in [6.07, 6.45) is 3.76. The van der Waals surface area contributed by atoms with Crippen molar-refractivity contribution in [2.75, 3.05) is 18.1 Å². The molecular weight excluding hydrogens is 228 g/mol. The van der Waals surface area contributed by atoms with E-state index in [1.54, 1.807) is 6.20 Å². The monoisotopic (exact) mass is 252 g/mol. The van der Waals surface area contributed by atoms with E-state index < -0.39 is 0 Å². The van der Waals surface area contributed by atoms with Crippen molar-refractivity contribution in [2.24, 2.45) is 0 Å². The van der Waals surface area contributed by atoms with Crippen LogP contribution < -0.4 is 4.90 Å². The second kappa shape index (κ2) is 7.34. The van der Waals surface area contributed by atoms with Crippen LogP contribution in [0.15, 0.2) is 12.3 Å². The van der Waals surface area contributed by atoms with Crippen LogP contribution in [-0.2, 0) is 6.61 Å². The van der Waals surface area contributed by atoms with Gasteiger partial charge in [0.25, 0.3) is 0 Å². The zero-order valence-electron chi connectivity index (χ0n) is 11.6. The minimum absolute atomic E-state index is 0.0130. The summed E-state index contributed by atoms with van der Waals surface area (Å²) >= 11 is 0. The molecule has 4 heteroatoms. The van der Waals surface area contributed by atoms with Crippen LogP contribution in [0.5, 0.6) is 0 Å². The number of aromatic nitrogens is 1. The lowest BCUT2D eigenvalue weighted by Crippen LogP contribution is -2.37. The van der Waals surface area contributed by atoms with Crippen molar-refractivity contribution in [2.45, 2.75) is 46.3 Å². The van der Waals surface area contributed by atoms with Gasteiger partial charge in [-0.25, -0.2) is 4.98 Å². The Bertz CT molecular complexity index is 365. The van der Waals surface area contributed by atoms with Gasteiger partial charge < -0.3 is 15.1 Å². The molecule has 102 valence electrons. The molecule has 2 N–H and O–H groups in total. The number of aliphatic hydroxyl groups excluding tert-OH is 2. The third-order valence-electron chi connectivity index (χ3n) is 3.29. The van der Waals surface area contributed by atoms with Crippen LogP contribution in [0.4, 0.5) is 5.82 Å². The van der Waals surface area contributed by atoms with Crippen molar-refractivity contribution in [3.63, 3.8) is 0 Å². The highest BCUT2D eigenvalue weighted by Gasteiger charge is 2.18. The van der Waals surface area contributed by atoms with E-state index >= 15 is 0 Å². The maximum atomic E-state index is 9.22. The van der Waals surface area contributed by atoms with Gasteiger partial charge in [0.2, 0.25) is 0 Å². The van der Waals surface area contributed by atoms with E-state index in [-0.39, 0.29) is 13.2 Å². The number of rotatable bonds is 7. The smallest absolute Gasteiger partial charge is 0.131 e. The molecule has 0 radical (unpaired) electrons. The Labute approximate surface area is 109 Å². The van der Waals surface area contributed by atoms with Crippen LogP contribution in [0.25, 0.3) is 0 Å². The first-order valence-electron chi connectivity index (χ1n) is 6.61. The molecule has 0 spiro atoms. The summed E-state index contributed by atoms with van der Waals surface area (Å²) in [6.45, 7) is 7.03. The standard InChI is InChI=1S/C14H24N2O2/c1-4-13(5-2)16(6-7-17)14-11(3)8-12(10-18)9-15-14/h8-9,13,17-18H,4-7,10H2,1-3H3. The van der Waals surface area contributed by atoms with Gasteiger partial charge in [-0.15, -0.1) is 0 Å². The summed E-state index contributed by atoms with van der Waals surface area (Å²) in [5.41, 5.74) is 1.87. The number of nitrogens with zero attached hydrogens (tertiary/aromatic N) is 2. The molecule has 0 saturated heterocycles. The molecule has 1 heterocycles. The first-order chi connectivity index (χ1) is 8.67. The molecule has 0 aliphatic rings. The van der Waals surface area contributed by atoms with Crippen molar-refractivity contribution in [3.05, 3.63) is 23.4 Å². The summed E-state index contributed by atoms with van der Waals surface area (Å²) in [5.74, 6) is 0.912. The largest absolute Gasteiger partial charge is 0.395 e. The van der Waals surface area contributed by atoms with E-state index in [2.05, 4.69) is 23.7 Å². The highest BCUT2D eigenvalue weighted by molar-refractivity contribution is 5.48. The van der Waals surface area contributed by atoms with Crippen LogP contribution in [0.3, 0.4) is 0 Å². The van der Waals surface area contributed by atoms with E-state index in [1.807, 2.05) is 13.0 Å². The van der Waals surface area contributed by atoms with E-state index in [9.17, 15) is 5.11 Å². The van der Waals surface area contributed by atoms with Gasteiger partial charge >= 0.3 is 0 Å². The van der Waals surface area contributed by atoms with E-state index in [0.717, 1.165) is 29.8 Å². The van der Waals surface area contributed by atoms with Crippen LogP contribution >= 0.6 is 0 Å². The second-order valence-corrected chi connectivity index (χ2v) is 4.53. The first kappa shape index (κ1) is 14.9. The fraction of sp³-hybridized carbons (Fsp3) is 0.643. The summed E-state index contributed by atoms with van der Waals surface area (Å²) in [4.78, 5) is 6.60. The normalized spacial score (nSPS) is 11.0. The quantitative estimate of drug-likeness (QED) is 0.778. The lowest BCUT2D eigenvalue weighted by molar-refractivity contribution is 0.281. The number of anilines is 1. The lowest BCUT2D eigenvalue weighted by Gasteiger charge is -2.32. The molecule has 4 nitrogen and oxygen atoms in total. The topological polar surface area (TPSA) is 56.6 Å². The highest BCUT2D eigenvalue weighted by Crippen LogP contribution is 2.22. The molecule has 0 amide bonds. The van der Waals surface area contributed by atoms with Crippen molar-refractivity contribution >= 4 is 5.82 Å². The molecule has 1 rings (SSSR count). The van der Waals surface area contributed by atoms with Gasteiger partial charge in [-0.2, -0.15) is 0 Å². The van der Waals surface area contributed by atoms with Crippen molar-refractivity contribution in [1.82, 2.24) is 4.98 Å². The maximum absolute atomic E-state index is 9.22. The predicted molar refractivity (Wildman–Crippen MR) is 73.7 cm³/mol. The van der Waals surface area contributed by atoms with Crippen molar-refractivity contribution in [1.29, 1.82) is 0 Å². The summed E-state index contributed by atoms with van der Waals surface area (Å²) in [6, 6.07) is 2.35. The molecule has 0 aromatic carbocycles. The summed E-state index contributed by atoms with van der Waals surface area (Å²) < 4.78 is 0. The second-order valence-electron chi connectivity index (χ2n) is 4.53. The summed E-state index contributed by atoms with van der Waals surface area (Å²) in [5, 5.41) is 18.3. The SMILES string of the molecule is CCC(CC)N(CCO)c1ncc(CO)cc1C. The summed E-state index contributed by atoms with van der Waals surface area (Å²) in [7, 11) is 0. The molecular formula is C14H24N2O2. The van der Waals surface area contributed by atoms with E-state index in [0.29, 0.717) is 12.6 Å². The predicted octanol–water partition coefficient (Wildman–Crippen LogP) is 1.87. The Hall–Kier alpha value is -1.13. The van der Waals surface area contributed by atoms with E-state index in [4.69, 9.17) is 5.11 Å². The van der Waals surface area contributed by atoms with Gasteiger partial charge in [0.1, 0.15) is 5.82 Å². The molecule has 18 heavy (non-hydrogen) atoms. The van der Waals surface area contributed by atoms with E-state index in [1.165, 1.54) is 0 Å². The minimum atomic E-state index is 0.0130. The minimum Gasteiger partial charge on any atom is -0.395 e. The highest BCUT2D eigenvalue weighted by atomic mass is 16.3. The number of hydrogen-bond donors (Lipinski definition) is 2. The van der Waals surface area contributed by atoms with Gasteiger partial charge in [0.15, 0.2) is 0 Å². The number of aliphatic hydroxyl groups is 2. The maximum Gasteiger partial charge on any atom is 0.131 e. The fourth-order valence-electron chi connectivity index (χ4n) is 2.31. The zero-order valence-corrected chi connectivity index (χ0v) is 11.6. The molecule has 0 atom stereocenters.